The highest BCUT2D eigenvalue weighted by Gasteiger charge is 2.33. The number of methoxy groups -OCH3 is 1. The van der Waals surface area contributed by atoms with Crippen molar-refractivity contribution < 1.29 is 14.3 Å². The van der Waals surface area contributed by atoms with Crippen molar-refractivity contribution in [2.45, 2.75) is 6.92 Å². The highest BCUT2D eigenvalue weighted by atomic mass is 32.2. The van der Waals surface area contributed by atoms with Crippen molar-refractivity contribution in [2.75, 3.05) is 13.7 Å². The zero-order valence-electron chi connectivity index (χ0n) is 13.4. The van der Waals surface area contributed by atoms with Crippen LogP contribution in [0.4, 0.5) is 0 Å². The summed E-state index contributed by atoms with van der Waals surface area (Å²) in [4.78, 5) is 25.3. The normalized spacial score (nSPS) is 18.3. The van der Waals surface area contributed by atoms with Crippen molar-refractivity contribution in [3.63, 3.8) is 0 Å². The number of ether oxygens (including phenoxy) is 1. The van der Waals surface area contributed by atoms with Crippen LogP contribution in [0.2, 0.25) is 0 Å². The Kier molecular flexibility index (Phi) is 6.08. The van der Waals surface area contributed by atoms with Crippen molar-refractivity contribution in [2.24, 2.45) is 10.2 Å². The fraction of sp³-hybridized carbons (Fsp3) is 0.176. The molecule has 0 bridgehead atoms. The van der Waals surface area contributed by atoms with Gasteiger partial charge in [0, 0.05) is 12.6 Å². The summed E-state index contributed by atoms with van der Waals surface area (Å²) in [6, 6.07) is 9.60. The zero-order chi connectivity index (χ0) is 17.5. The maximum Gasteiger partial charge on any atom is 0.331 e. The van der Waals surface area contributed by atoms with Gasteiger partial charge in [0.25, 0.3) is 5.91 Å². The van der Waals surface area contributed by atoms with E-state index in [9.17, 15) is 9.59 Å². The number of nitrogens with zero attached hydrogens (tertiary/aromatic N) is 3. The number of amides is 1. The maximum atomic E-state index is 12.3. The molecule has 6 nitrogen and oxygen atoms in total. The third kappa shape index (κ3) is 4.20. The molecule has 2 rings (SSSR count). The fourth-order valence-electron chi connectivity index (χ4n) is 1.89. The van der Waals surface area contributed by atoms with Gasteiger partial charge in [-0.2, -0.15) is 5.10 Å². The number of thioether (sulfide) groups is 1. The summed E-state index contributed by atoms with van der Waals surface area (Å²) in [5.74, 6) is -0.911. The van der Waals surface area contributed by atoms with Crippen molar-refractivity contribution in [3.8, 4) is 0 Å². The van der Waals surface area contributed by atoms with E-state index in [-0.39, 0.29) is 17.4 Å². The number of rotatable bonds is 5. The Morgan fingerprint density at radius 2 is 2.08 bits per heavy atom. The van der Waals surface area contributed by atoms with Gasteiger partial charge in [0.2, 0.25) is 0 Å². The zero-order valence-corrected chi connectivity index (χ0v) is 14.2. The van der Waals surface area contributed by atoms with Crippen LogP contribution in [-0.2, 0) is 14.3 Å². The Balaban J connectivity index is 2.29. The van der Waals surface area contributed by atoms with Gasteiger partial charge in [-0.3, -0.25) is 9.69 Å². The predicted molar refractivity (Wildman–Crippen MR) is 95.7 cm³/mol. The average molecular weight is 343 g/mol. The van der Waals surface area contributed by atoms with Gasteiger partial charge >= 0.3 is 5.97 Å². The lowest BCUT2D eigenvalue weighted by molar-refractivity contribution is -0.135. The summed E-state index contributed by atoms with van der Waals surface area (Å²) >= 11 is 1.08. The molecule has 7 heteroatoms. The second kappa shape index (κ2) is 8.26. The molecule has 1 aromatic carbocycles. The lowest BCUT2D eigenvalue weighted by Gasteiger charge is -2.11. The Bertz CT molecular complexity index is 739. The molecule has 0 atom stereocenters. The van der Waals surface area contributed by atoms with Crippen LogP contribution < -0.4 is 0 Å². The van der Waals surface area contributed by atoms with Crippen molar-refractivity contribution in [1.29, 1.82) is 0 Å². The minimum absolute atomic E-state index is 0.245. The molecule has 1 heterocycles. The number of esters is 1. The fourth-order valence-corrected chi connectivity index (χ4v) is 2.79. The number of benzene rings is 1. The van der Waals surface area contributed by atoms with Crippen LogP contribution in [0.25, 0.3) is 0 Å². The van der Waals surface area contributed by atoms with Crippen LogP contribution in [0.15, 0.2) is 64.2 Å². The molecule has 24 heavy (non-hydrogen) atoms. The molecule has 0 aliphatic carbocycles. The van der Waals surface area contributed by atoms with Crippen LogP contribution in [0.1, 0.15) is 12.5 Å². The average Bonchev–Trinajstić information content (AvgIpc) is 2.89. The van der Waals surface area contributed by atoms with Crippen LogP contribution >= 0.6 is 11.8 Å². The van der Waals surface area contributed by atoms with E-state index in [1.165, 1.54) is 12.0 Å². The lowest BCUT2D eigenvalue weighted by Crippen LogP contribution is -2.29. The molecule has 0 radical (unpaired) electrons. The molecule has 0 saturated carbocycles. The molecule has 0 N–H and O–H groups in total. The highest BCUT2D eigenvalue weighted by Crippen LogP contribution is 2.30. The second-order valence-corrected chi connectivity index (χ2v) is 5.78. The summed E-state index contributed by atoms with van der Waals surface area (Å²) < 4.78 is 4.56. The summed E-state index contributed by atoms with van der Waals surface area (Å²) in [6.45, 7) is 5.75. The van der Waals surface area contributed by atoms with Crippen LogP contribution in [0.3, 0.4) is 0 Å². The standard InChI is InChI=1S/C17H17N3O3S/c1-4-10-20-16(22)14(11-15(21)23-3)24-17(20)19-18-12(2)13-8-6-5-7-9-13/h4-9,11H,1,10H2,2-3H3/b14-11-,18-12-,19-17-. The first-order valence-corrected chi connectivity index (χ1v) is 7.96. The van der Waals surface area contributed by atoms with Gasteiger partial charge < -0.3 is 4.74 Å². The Hall–Kier alpha value is -2.67. The molecule has 0 unspecified atom stereocenters. The third-order valence-corrected chi connectivity index (χ3v) is 4.12. The van der Waals surface area contributed by atoms with Crippen LogP contribution in [-0.4, -0.2) is 41.3 Å². The number of carbonyl (C=O) groups excluding carboxylic acids is 2. The first kappa shape index (κ1) is 17.7. The van der Waals surface area contributed by atoms with E-state index in [0.29, 0.717) is 5.17 Å². The first-order valence-electron chi connectivity index (χ1n) is 7.14. The quantitative estimate of drug-likeness (QED) is 0.271. The molecule has 124 valence electrons. The Morgan fingerprint density at radius 1 is 1.38 bits per heavy atom. The second-order valence-electron chi connectivity index (χ2n) is 4.77. The highest BCUT2D eigenvalue weighted by molar-refractivity contribution is 8.18. The van der Waals surface area contributed by atoms with Gasteiger partial charge in [-0.05, 0) is 24.2 Å². The molecule has 1 fully saturated rings. The molecule has 1 amide bonds. The van der Waals surface area contributed by atoms with Gasteiger partial charge in [-0.15, -0.1) is 11.7 Å². The van der Waals surface area contributed by atoms with Crippen LogP contribution in [0.5, 0.6) is 0 Å². The summed E-state index contributed by atoms with van der Waals surface area (Å²) in [5.41, 5.74) is 1.66. The molecule has 1 aliphatic rings. The molecule has 0 spiro atoms. The Labute approximate surface area is 144 Å². The monoisotopic (exact) mass is 343 g/mol. The molecule has 1 saturated heterocycles. The van der Waals surface area contributed by atoms with Crippen molar-refractivity contribution >= 4 is 34.5 Å². The van der Waals surface area contributed by atoms with E-state index in [0.717, 1.165) is 29.1 Å². The first-order chi connectivity index (χ1) is 11.6. The van der Waals surface area contributed by atoms with E-state index < -0.39 is 5.97 Å². The molecular formula is C17H17N3O3S. The van der Waals surface area contributed by atoms with Crippen molar-refractivity contribution in [3.05, 3.63) is 59.5 Å². The number of carbonyl (C=O) groups is 2. The smallest absolute Gasteiger partial charge is 0.331 e. The SMILES string of the molecule is C=CCN1C(=O)/C(=C/C(=O)OC)S/C1=N\N=C(\C)c1ccccc1. The van der Waals surface area contributed by atoms with Gasteiger partial charge in [0.05, 0.1) is 17.7 Å². The predicted octanol–water partition coefficient (Wildman–Crippen LogP) is 2.58. The minimum atomic E-state index is -0.588. The molecular weight excluding hydrogens is 326 g/mol. The summed E-state index contributed by atoms with van der Waals surface area (Å²) in [6.07, 6.45) is 2.74. The summed E-state index contributed by atoms with van der Waals surface area (Å²) in [5, 5.41) is 8.75. The third-order valence-electron chi connectivity index (χ3n) is 3.13. The number of hydrogen-bond donors (Lipinski definition) is 0. The van der Waals surface area contributed by atoms with Crippen LogP contribution in [0, 0.1) is 0 Å². The lowest BCUT2D eigenvalue weighted by atomic mass is 10.1. The maximum absolute atomic E-state index is 12.3. The molecule has 1 aliphatic heterocycles. The molecule has 0 aromatic heterocycles. The van der Waals surface area contributed by atoms with E-state index in [1.807, 2.05) is 37.3 Å². The van der Waals surface area contributed by atoms with Crippen molar-refractivity contribution in [1.82, 2.24) is 4.90 Å². The number of amidine groups is 1. The van der Waals surface area contributed by atoms with Gasteiger partial charge in [-0.25, -0.2) is 4.79 Å². The molecule has 1 aromatic rings. The largest absolute Gasteiger partial charge is 0.466 e. The Morgan fingerprint density at radius 3 is 2.71 bits per heavy atom. The van der Waals surface area contributed by atoms with E-state index >= 15 is 0 Å². The van der Waals surface area contributed by atoms with E-state index in [1.54, 1.807) is 6.08 Å². The van der Waals surface area contributed by atoms with E-state index in [4.69, 9.17) is 0 Å². The topological polar surface area (TPSA) is 71.3 Å². The minimum Gasteiger partial charge on any atom is -0.466 e. The number of hydrogen-bond acceptors (Lipinski definition) is 6. The summed E-state index contributed by atoms with van der Waals surface area (Å²) in [7, 11) is 1.26. The van der Waals surface area contributed by atoms with Gasteiger partial charge in [0.1, 0.15) is 0 Å². The van der Waals surface area contributed by atoms with Gasteiger partial charge in [0.15, 0.2) is 5.17 Å². The van der Waals surface area contributed by atoms with E-state index in [2.05, 4.69) is 21.5 Å². The van der Waals surface area contributed by atoms with Gasteiger partial charge in [-0.1, -0.05) is 36.4 Å².